The Morgan fingerprint density at radius 3 is 2.60 bits per heavy atom. The third kappa shape index (κ3) is 1.61. The van der Waals surface area contributed by atoms with Crippen LogP contribution >= 0.6 is 0 Å². The van der Waals surface area contributed by atoms with E-state index in [1.54, 1.807) is 0 Å². The summed E-state index contributed by atoms with van der Waals surface area (Å²) in [6.07, 6.45) is 3.46. The van der Waals surface area contributed by atoms with Crippen LogP contribution in [0, 0.1) is 28.1 Å². The number of rotatable bonds is 1. The fraction of sp³-hybridized carbons (Fsp3) is 0.900. The van der Waals surface area contributed by atoms with Crippen molar-refractivity contribution in [3.05, 3.63) is 11.3 Å². The van der Waals surface area contributed by atoms with Gasteiger partial charge in [-0.25, -0.2) is 0 Å². The molecule has 0 aromatic heterocycles. The second-order valence-corrected chi connectivity index (χ2v) is 9.95. The molecular formula is C20H30O5. The molecule has 0 amide bonds. The number of aliphatic hydroxyl groups is 4. The second kappa shape index (κ2) is 4.61. The van der Waals surface area contributed by atoms with E-state index in [2.05, 4.69) is 13.8 Å². The van der Waals surface area contributed by atoms with Gasteiger partial charge in [-0.2, -0.15) is 0 Å². The van der Waals surface area contributed by atoms with Crippen LogP contribution in [0.5, 0.6) is 0 Å². The minimum atomic E-state index is -1.37. The van der Waals surface area contributed by atoms with Gasteiger partial charge >= 0.3 is 0 Å². The van der Waals surface area contributed by atoms with Crippen molar-refractivity contribution in [1.29, 1.82) is 0 Å². The minimum Gasteiger partial charge on any atom is -0.497 e. The van der Waals surface area contributed by atoms with Crippen molar-refractivity contribution in [1.82, 2.24) is 0 Å². The van der Waals surface area contributed by atoms with Gasteiger partial charge in [-0.05, 0) is 67.3 Å². The summed E-state index contributed by atoms with van der Waals surface area (Å²) in [5, 5.41) is 42.2. The van der Waals surface area contributed by atoms with Crippen LogP contribution < -0.4 is 0 Å². The Morgan fingerprint density at radius 2 is 1.88 bits per heavy atom. The molecule has 5 nitrogen and oxygen atoms in total. The zero-order valence-electron chi connectivity index (χ0n) is 15.2. The second-order valence-electron chi connectivity index (χ2n) is 9.95. The molecule has 1 spiro atoms. The SMILES string of the molecule is CC12COC3=C1C(C)(CCC2O)C12CC(O)C(O)(CO)C(CC1C3)C2. The van der Waals surface area contributed by atoms with Crippen molar-refractivity contribution < 1.29 is 25.2 Å². The van der Waals surface area contributed by atoms with Gasteiger partial charge in [0.2, 0.25) is 0 Å². The molecule has 3 saturated carbocycles. The van der Waals surface area contributed by atoms with Gasteiger partial charge in [0.15, 0.2) is 0 Å². The summed E-state index contributed by atoms with van der Waals surface area (Å²) in [6, 6.07) is 0. The van der Waals surface area contributed by atoms with Crippen LogP contribution in [0.3, 0.4) is 0 Å². The third-order valence-corrected chi connectivity index (χ3v) is 9.19. The highest BCUT2D eigenvalue weighted by atomic mass is 16.5. The number of allylic oxidation sites excluding steroid dienone is 1. The van der Waals surface area contributed by atoms with Crippen LogP contribution in [0.4, 0.5) is 0 Å². The van der Waals surface area contributed by atoms with Crippen LogP contribution in [0.25, 0.3) is 0 Å². The Kier molecular flexibility index (Phi) is 3.05. The van der Waals surface area contributed by atoms with Gasteiger partial charge in [-0.3, -0.25) is 0 Å². The molecule has 5 aliphatic rings. The highest BCUT2D eigenvalue weighted by Gasteiger charge is 2.72. The first kappa shape index (κ1) is 16.5. The van der Waals surface area contributed by atoms with Gasteiger partial charge in [-0.15, -0.1) is 0 Å². The maximum Gasteiger partial charge on any atom is 0.116 e. The highest BCUT2D eigenvalue weighted by Crippen LogP contribution is 2.76. The molecule has 25 heavy (non-hydrogen) atoms. The maximum atomic E-state index is 10.9. The van der Waals surface area contributed by atoms with Gasteiger partial charge in [-0.1, -0.05) is 6.92 Å². The predicted molar refractivity (Wildman–Crippen MR) is 90.4 cm³/mol. The van der Waals surface area contributed by atoms with Crippen molar-refractivity contribution in [2.75, 3.05) is 13.2 Å². The molecule has 5 rings (SSSR count). The lowest BCUT2D eigenvalue weighted by Gasteiger charge is -2.62. The monoisotopic (exact) mass is 350 g/mol. The molecule has 4 aliphatic carbocycles. The number of fused-ring (bicyclic) bond motifs is 1. The molecule has 4 N–H and O–H groups in total. The molecular weight excluding hydrogens is 320 g/mol. The van der Waals surface area contributed by atoms with Crippen LogP contribution in [-0.4, -0.2) is 51.4 Å². The molecule has 1 aliphatic heterocycles. The summed E-state index contributed by atoms with van der Waals surface area (Å²) >= 11 is 0. The Balaban J connectivity index is 1.66. The fourth-order valence-corrected chi connectivity index (χ4v) is 7.75. The van der Waals surface area contributed by atoms with E-state index < -0.39 is 11.7 Å². The zero-order valence-corrected chi connectivity index (χ0v) is 15.2. The van der Waals surface area contributed by atoms with Crippen molar-refractivity contribution >= 4 is 0 Å². The summed E-state index contributed by atoms with van der Waals surface area (Å²) in [5.41, 5.74) is -0.580. The van der Waals surface area contributed by atoms with Crippen LogP contribution in [0.1, 0.15) is 52.4 Å². The van der Waals surface area contributed by atoms with E-state index in [1.165, 1.54) is 5.57 Å². The molecule has 1 heterocycles. The van der Waals surface area contributed by atoms with Crippen molar-refractivity contribution in [3.8, 4) is 0 Å². The molecule has 5 heteroatoms. The van der Waals surface area contributed by atoms with Crippen molar-refractivity contribution in [2.24, 2.45) is 28.1 Å². The predicted octanol–water partition coefficient (Wildman–Crippen LogP) is 1.34. The first-order valence-electron chi connectivity index (χ1n) is 9.77. The maximum absolute atomic E-state index is 10.9. The number of ether oxygens (including phenoxy) is 1. The Morgan fingerprint density at radius 1 is 1.12 bits per heavy atom. The van der Waals surface area contributed by atoms with Crippen LogP contribution in [0.15, 0.2) is 11.3 Å². The summed E-state index contributed by atoms with van der Waals surface area (Å²) in [4.78, 5) is 0. The van der Waals surface area contributed by atoms with E-state index in [-0.39, 0.29) is 34.9 Å². The number of hydrogen-bond donors (Lipinski definition) is 4. The Labute approximate surface area is 148 Å². The van der Waals surface area contributed by atoms with E-state index in [9.17, 15) is 20.4 Å². The topological polar surface area (TPSA) is 90.2 Å². The molecule has 140 valence electrons. The van der Waals surface area contributed by atoms with E-state index in [4.69, 9.17) is 4.74 Å². The molecule has 8 atom stereocenters. The molecule has 0 aromatic carbocycles. The molecule has 0 saturated heterocycles. The highest BCUT2D eigenvalue weighted by molar-refractivity contribution is 5.40. The zero-order chi connectivity index (χ0) is 17.8. The van der Waals surface area contributed by atoms with Gasteiger partial charge < -0.3 is 25.2 Å². The van der Waals surface area contributed by atoms with Gasteiger partial charge in [0.05, 0.1) is 36.6 Å². The van der Waals surface area contributed by atoms with Crippen molar-refractivity contribution in [2.45, 2.75) is 70.2 Å². The largest absolute Gasteiger partial charge is 0.497 e. The summed E-state index contributed by atoms with van der Waals surface area (Å²) in [7, 11) is 0. The van der Waals surface area contributed by atoms with E-state index in [1.807, 2.05) is 0 Å². The lowest BCUT2D eigenvalue weighted by molar-refractivity contribution is -0.188. The lowest BCUT2D eigenvalue weighted by Crippen LogP contribution is -2.61. The van der Waals surface area contributed by atoms with E-state index >= 15 is 0 Å². The quantitative estimate of drug-likeness (QED) is 0.573. The van der Waals surface area contributed by atoms with E-state index in [0.29, 0.717) is 18.9 Å². The number of aliphatic hydroxyl groups excluding tert-OH is 3. The normalized spacial score (nSPS) is 59.4. The minimum absolute atomic E-state index is 0.0631. The lowest BCUT2D eigenvalue weighted by atomic mass is 9.42. The van der Waals surface area contributed by atoms with Gasteiger partial charge in [0.25, 0.3) is 0 Å². The summed E-state index contributed by atoms with van der Waals surface area (Å²) < 4.78 is 6.11. The smallest absolute Gasteiger partial charge is 0.116 e. The molecule has 0 aromatic rings. The average Bonchev–Trinajstić information content (AvgIpc) is 3.10. The third-order valence-electron chi connectivity index (χ3n) is 9.19. The van der Waals surface area contributed by atoms with Gasteiger partial charge in [0.1, 0.15) is 5.60 Å². The van der Waals surface area contributed by atoms with Crippen LogP contribution in [0.2, 0.25) is 0 Å². The first-order chi connectivity index (χ1) is 11.7. The Hall–Kier alpha value is -0.620. The van der Waals surface area contributed by atoms with E-state index in [0.717, 1.165) is 37.9 Å². The Bertz CT molecular complexity index is 660. The van der Waals surface area contributed by atoms with Crippen LogP contribution in [-0.2, 0) is 4.74 Å². The van der Waals surface area contributed by atoms with Crippen molar-refractivity contribution in [3.63, 3.8) is 0 Å². The standard InChI is InChI=1S/C20H30O5/c1-17-10-25-13-6-11-5-12-7-19(11,8-15(23)20(12,24)9-21)18(2,16(13)17)4-3-14(17)22/h11-12,14-15,21-24H,3-10H2,1-2H3. The van der Waals surface area contributed by atoms with Gasteiger partial charge in [0, 0.05) is 6.42 Å². The molecule has 2 bridgehead atoms. The molecule has 0 radical (unpaired) electrons. The number of hydrogen-bond acceptors (Lipinski definition) is 5. The fourth-order valence-electron chi connectivity index (χ4n) is 7.75. The summed E-state index contributed by atoms with van der Waals surface area (Å²) in [6.45, 7) is 4.62. The summed E-state index contributed by atoms with van der Waals surface area (Å²) in [5.74, 6) is 1.37. The average molecular weight is 350 g/mol. The molecule has 8 unspecified atom stereocenters. The first-order valence-corrected chi connectivity index (χ1v) is 9.77. The molecule has 3 fully saturated rings.